The molecule has 2 rings (SSSR count). The number of hydrogen-bond donors (Lipinski definition) is 2. The molecule has 2 aromatic heterocycles. The fraction of sp³-hybridized carbons (Fsp3) is 0.421. The molecule has 0 fully saturated rings. The topological polar surface area (TPSA) is 115 Å². The Kier molecular flexibility index (Phi) is 7.10. The Morgan fingerprint density at radius 1 is 1.17 bits per heavy atom. The second-order valence-electron chi connectivity index (χ2n) is 7.56. The lowest BCUT2D eigenvalue weighted by Crippen LogP contribution is -2.30. The number of anilines is 1. The monoisotopic (exact) mass is 455 g/mol. The van der Waals surface area contributed by atoms with Crippen LogP contribution in [0.25, 0.3) is 5.69 Å². The molecule has 0 aliphatic heterocycles. The van der Waals surface area contributed by atoms with Crippen molar-refractivity contribution in [1.82, 2.24) is 19.9 Å². The summed E-state index contributed by atoms with van der Waals surface area (Å²) in [6, 6.07) is 1.62. The summed E-state index contributed by atoms with van der Waals surface area (Å²) in [6.07, 6.45) is -0.748. The van der Waals surface area contributed by atoms with E-state index in [-0.39, 0.29) is 34.3 Å². The van der Waals surface area contributed by atoms with Crippen LogP contribution in [0, 0.1) is 13.8 Å². The van der Waals surface area contributed by atoms with Gasteiger partial charge in [-0.3, -0.25) is 19.5 Å². The second-order valence-corrected chi connectivity index (χ2v) is 8.27. The second kappa shape index (κ2) is 9.01. The van der Waals surface area contributed by atoms with E-state index >= 15 is 0 Å². The molecule has 2 aromatic rings. The Hall–Kier alpha value is -2.65. The van der Waals surface area contributed by atoms with Crippen molar-refractivity contribution >= 4 is 41.0 Å². The van der Waals surface area contributed by atoms with Crippen molar-refractivity contribution in [1.29, 1.82) is 0 Å². The zero-order valence-corrected chi connectivity index (χ0v) is 19.0. The molecule has 0 saturated carbocycles. The van der Waals surface area contributed by atoms with Gasteiger partial charge in [0.05, 0.1) is 11.4 Å². The molecule has 162 valence electrons. The first-order chi connectivity index (χ1) is 13.8. The first-order valence-electron chi connectivity index (χ1n) is 9.00. The van der Waals surface area contributed by atoms with Crippen LogP contribution in [-0.2, 0) is 16.1 Å². The molecule has 2 heterocycles. The highest BCUT2D eigenvalue weighted by atomic mass is 35.5. The zero-order valence-electron chi connectivity index (χ0n) is 17.5. The van der Waals surface area contributed by atoms with Crippen molar-refractivity contribution in [3.05, 3.63) is 43.7 Å². The lowest BCUT2D eigenvalue weighted by molar-refractivity contribution is -0.119. The molecule has 2 amide bonds. The number of hydrogen-bond acceptors (Lipinski definition) is 6. The van der Waals surface area contributed by atoms with Gasteiger partial charge in [0.2, 0.25) is 5.91 Å². The van der Waals surface area contributed by atoms with Gasteiger partial charge in [0.1, 0.15) is 5.60 Å². The van der Waals surface area contributed by atoms with Crippen LogP contribution in [0.1, 0.15) is 44.6 Å². The highest BCUT2D eigenvalue weighted by molar-refractivity contribution is 6.32. The molecule has 0 unspecified atom stereocenters. The summed E-state index contributed by atoms with van der Waals surface area (Å²) in [4.78, 5) is 44.6. The Balaban J connectivity index is 2.69. The SMILES string of the molecule is CC(=O)NCc1cc(-n2c(C)c(Cl)nc(Cl)c2=O)c(NC(=O)OC(C)(C)C)nc1C. The van der Waals surface area contributed by atoms with Gasteiger partial charge >= 0.3 is 6.09 Å². The quantitative estimate of drug-likeness (QED) is 0.728. The lowest BCUT2D eigenvalue weighted by atomic mass is 10.1. The summed E-state index contributed by atoms with van der Waals surface area (Å²) in [5.74, 6) is -0.160. The number of carbonyl (C=O) groups excluding carboxylic acids is 2. The van der Waals surface area contributed by atoms with Gasteiger partial charge in [-0.25, -0.2) is 14.8 Å². The fourth-order valence-electron chi connectivity index (χ4n) is 2.54. The van der Waals surface area contributed by atoms with Crippen LogP contribution in [0.3, 0.4) is 0 Å². The number of carbonyl (C=O) groups is 2. The van der Waals surface area contributed by atoms with Crippen molar-refractivity contribution < 1.29 is 14.3 Å². The van der Waals surface area contributed by atoms with Crippen molar-refractivity contribution in [2.75, 3.05) is 5.32 Å². The predicted octanol–water partition coefficient (Wildman–Crippen LogP) is 3.53. The van der Waals surface area contributed by atoms with E-state index in [1.807, 2.05) is 0 Å². The van der Waals surface area contributed by atoms with Gasteiger partial charge in [-0.1, -0.05) is 23.2 Å². The maximum absolute atomic E-state index is 12.7. The first kappa shape index (κ1) is 23.6. The summed E-state index contributed by atoms with van der Waals surface area (Å²) in [7, 11) is 0. The maximum atomic E-state index is 12.7. The van der Waals surface area contributed by atoms with Crippen LogP contribution in [0.4, 0.5) is 10.6 Å². The molecular weight excluding hydrogens is 433 g/mol. The first-order valence-corrected chi connectivity index (χ1v) is 9.75. The van der Waals surface area contributed by atoms with Crippen LogP contribution in [0.5, 0.6) is 0 Å². The highest BCUT2D eigenvalue weighted by Crippen LogP contribution is 2.25. The largest absolute Gasteiger partial charge is 0.444 e. The van der Waals surface area contributed by atoms with E-state index in [0.29, 0.717) is 17.0 Å². The number of nitrogens with one attached hydrogen (secondary N) is 2. The van der Waals surface area contributed by atoms with Crippen molar-refractivity contribution in [2.45, 2.75) is 53.7 Å². The average Bonchev–Trinajstić information content (AvgIpc) is 2.59. The van der Waals surface area contributed by atoms with Crippen molar-refractivity contribution in [3.63, 3.8) is 0 Å². The molecule has 0 aliphatic rings. The third kappa shape index (κ3) is 5.70. The lowest BCUT2D eigenvalue weighted by Gasteiger charge is -2.21. The van der Waals surface area contributed by atoms with Gasteiger partial charge in [-0.2, -0.15) is 0 Å². The Morgan fingerprint density at radius 3 is 2.37 bits per heavy atom. The Labute approximate surface area is 183 Å². The molecule has 0 aliphatic carbocycles. The summed E-state index contributed by atoms with van der Waals surface area (Å²) < 4.78 is 6.49. The van der Waals surface area contributed by atoms with Crippen LogP contribution >= 0.6 is 23.2 Å². The molecule has 0 radical (unpaired) electrons. The number of halogens is 2. The molecule has 0 spiro atoms. The minimum absolute atomic E-state index is 0.0202. The number of amides is 2. The van der Waals surface area contributed by atoms with E-state index in [0.717, 1.165) is 0 Å². The highest BCUT2D eigenvalue weighted by Gasteiger charge is 2.22. The molecule has 2 N–H and O–H groups in total. The van der Waals surface area contributed by atoms with Crippen molar-refractivity contribution in [2.24, 2.45) is 0 Å². The summed E-state index contributed by atoms with van der Waals surface area (Å²) in [5.41, 5.74) is 0.304. The average molecular weight is 456 g/mol. The van der Waals surface area contributed by atoms with E-state index in [2.05, 4.69) is 20.6 Å². The van der Waals surface area contributed by atoms with Gasteiger partial charge in [-0.15, -0.1) is 0 Å². The summed E-state index contributed by atoms with van der Waals surface area (Å²) >= 11 is 12.1. The van der Waals surface area contributed by atoms with Gasteiger partial charge in [0.15, 0.2) is 16.1 Å². The smallest absolute Gasteiger partial charge is 0.413 e. The predicted molar refractivity (Wildman–Crippen MR) is 115 cm³/mol. The Morgan fingerprint density at radius 2 is 1.80 bits per heavy atom. The molecule has 0 atom stereocenters. The van der Waals surface area contributed by atoms with Crippen LogP contribution < -0.4 is 16.2 Å². The summed E-state index contributed by atoms with van der Waals surface area (Å²) in [6.45, 7) is 10.0. The van der Waals surface area contributed by atoms with E-state index in [4.69, 9.17) is 27.9 Å². The van der Waals surface area contributed by atoms with E-state index in [1.165, 1.54) is 11.5 Å². The fourth-order valence-corrected chi connectivity index (χ4v) is 2.92. The number of pyridine rings is 1. The normalized spacial score (nSPS) is 11.2. The van der Waals surface area contributed by atoms with Crippen LogP contribution in [0.2, 0.25) is 10.3 Å². The Bertz CT molecular complexity index is 1060. The number of nitrogens with zero attached hydrogens (tertiary/aromatic N) is 3. The van der Waals surface area contributed by atoms with Gasteiger partial charge in [0, 0.05) is 19.2 Å². The molecule has 0 bridgehead atoms. The zero-order chi connectivity index (χ0) is 22.8. The standard InChI is InChI=1S/C19H23Cl2N5O4/c1-9-12(8-22-11(3)27)7-13(16(23-9)25-18(29)30-19(4,5)6)26-10(2)14(20)24-15(21)17(26)28/h7H,8H2,1-6H3,(H,22,27)(H,23,25,29). The van der Waals surface area contributed by atoms with Crippen LogP contribution in [0.15, 0.2) is 10.9 Å². The minimum Gasteiger partial charge on any atom is -0.444 e. The third-order valence-electron chi connectivity index (χ3n) is 3.90. The number of rotatable bonds is 4. The molecular formula is C19H23Cl2N5O4. The van der Waals surface area contributed by atoms with E-state index in [9.17, 15) is 14.4 Å². The molecule has 30 heavy (non-hydrogen) atoms. The van der Waals surface area contributed by atoms with E-state index in [1.54, 1.807) is 40.7 Å². The number of aromatic nitrogens is 3. The van der Waals surface area contributed by atoms with Gasteiger partial charge in [0.25, 0.3) is 5.56 Å². The van der Waals surface area contributed by atoms with Crippen LogP contribution in [-0.4, -0.2) is 32.1 Å². The van der Waals surface area contributed by atoms with Crippen molar-refractivity contribution in [3.8, 4) is 5.69 Å². The molecule has 0 saturated heterocycles. The maximum Gasteiger partial charge on any atom is 0.413 e. The van der Waals surface area contributed by atoms with Gasteiger partial charge < -0.3 is 10.1 Å². The molecule has 11 heteroatoms. The van der Waals surface area contributed by atoms with E-state index < -0.39 is 17.3 Å². The summed E-state index contributed by atoms with van der Waals surface area (Å²) in [5, 5.41) is 4.93. The minimum atomic E-state index is -0.748. The van der Waals surface area contributed by atoms with Gasteiger partial charge in [-0.05, 0) is 46.2 Å². The number of ether oxygens (including phenoxy) is 1. The third-order valence-corrected chi connectivity index (χ3v) is 4.50. The molecule has 9 nitrogen and oxygen atoms in total. The molecule has 0 aromatic carbocycles. The number of aryl methyl sites for hydroxylation is 1.